The third-order valence-electron chi connectivity index (χ3n) is 2.80. The summed E-state index contributed by atoms with van der Waals surface area (Å²) < 4.78 is 11.4. The van der Waals surface area contributed by atoms with E-state index in [1.54, 1.807) is 13.2 Å². The van der Waals surface area contributed by atoms with Crippen molar-refractivity contribution < 1.29 is 19.1 Å². The average molecular weight is 340 g/mol. The molecule has 0 aliphatic carbocycles. The fraction of sp³-hybridized carbons (Fsp3) is 0.214. The second-order valence-electron chi connectivity index (χ2n) is 4.22. The number of anilines is 1. The molecule has 2 N–H and O–H groups in total. The van der Waals surface area contributed by atoms with Gasteiger partial charge in [-0.15, -0.1) is 0 Å². The van der Waals surface area contributed by atoms with Crippen LogP contribution in [0.1, 0.15) is 21.9 Å². The summed E-state index contributed by atoms with van der Waals surface area (Å²) in [5, 5.41) is 12.0. The van der Waals surface area contributed by atoms with Gasteiger partial charge in [0, 0.05) is 4.47 Å². The van der Waals surface area contributed by atoms with E-state index in [2.05, 4.69) is 21.2 Å². The third-order valence-corrected chi connectivity index (χ3v) is 3.25. The van der Waals surface area contributed by atoms with E-state index in [9.17, 15) is 4.79 Å². The van der Waals surface area contributed by atoms with Gasteiger partial charge in [0.1, 0.15) is 11.5 Å². The smallest absolute Gasteiger partial charge is 0.371 e. The van der Waals surface area contributed by atoms with Crippen molar-refractivity contribution in [2.24, 2.45) is 0 Å². The molecule has 2 aromatic rings. The molecule has 0 bridgehead atoms. The first-order valence-corrected chi connectivity index (χ1v) is 6.70. The highest BCUT2D eigenvalue weighted by atomic mass is 79.9. The van der Waals surface area contributed by atoms with Gasteiger partial charge in [-0.2, -0.15) is 0 Å². The van der Waals surface area contributed by atoms with E-state index in [1.807, 2.05) is 19.1 Å². The molecule has 0 unspecified atom stereocenters. The Morgan fingerprint density at radius 3 is 2.80 bits per heavy atom. The van der Waals surface area contributed by atoms with Crippen LogP contribution in [0.4, 0.5) is 5.69 Å². The lowest BCUT2D eigenvalue weighted by atomic mass is 10.2. The molecule has 6 heteroatoms. The van der Waals surface area contributed by atoms with Gasteiger partial charge in [0.2, 0.25) is 5.76 Å². The number of aromatic carboxylic acids is 1. The topological polar surface area (TPSA) is 71.7 Å². The number of carbonyl (C=O) groups is 1. The summed E-state index contributed by atoms with van der Waals surface area (Å²) in [5.74, 6) is 0.114. The Labute approximate surface area is 124 Å². The van der Waals surface area contributed by atoms with Crippen molar-refractivity contribution in [3.63, 3.8) is 0 Å². The van der Waals surface area contributed by atoms with Crippen LogP contribution >= 0.6 is 15.9 Å². The second kappa shape index (κ2) is 6.00. The summed E-state index contributed by atoms with van der Waals surface area (Å²) in [7, 11) is 1.60. The van der Waals surface area contributed by atoms with Crippen LogP contribution in [0.2, 0.25) is 0 Å². The number of nitrogens with one attached hydrogen (secondary N) is 1. The maximum Gasteiger partial charge on any atom is 0.371 e. The summed E-state index contributed by atoms with van der Waals surface area (Å²) in [6, 6.07) is 6.90. The zero-order valence-electron chi connectivity index (χ0n) is 11.1. The summed E-state index contributed by atoms with van der Waals surface area (Å²) in [4.78, 5) is 10.7. The lowest BCUT2D eigenvalue weighted by molar-refractivity contribution is 0.0660. The summed E-state index contributed by atoms with van der Waals surface area (Å²) in [6.45, 7) is 2.34. The molecule has 0 aliphatic rings. The van der Waals surface area contributed by atoms with Gasteiger partial charge in [-0.3, -0.25) is 0 Å². The molecule has 106 valence electrons. The molecule has 0 aliphatic heterocycles. The number of rotatable bonds is 5. The molecular weight excluding hydrogens is 326 g/mol. The minimum atomic E-state index is -1.08. The van der Waals surface area contributed by atoms with Crippen LogP contribution < -0.4 is 10.1 Å². The Bertz CT molecular complexity index is 636. The number of halogens is 1. The average Bonchev–Trinajstić information content (AvgIpc) is 2.85. The van der Waals surface area contributed by atoms with E-state index in [-0.39, 0.29) is 5.76 Å². The molecule has 1 heterocycles. The van der Waals surface area contributed by atoms with Gasteiger partial charge >= 0.3 is 5.97 Å². The number of methoxy groups -OCH3 is 1. The van der Waals surface area contributed by atoms with E-state index in [0.717, 1.165) is 15.7 Å². The molecule has 0 spiro atoms. The summed E-state index contributed by atoms with van der Waals surface area (Å²) in [6.07, 6.45) is 0. The van der Waals surface area contributed by atoms with Crippen molar-refractivity contribution in [3.8, 4) is 5.75 Å². The number of aryl methyl sites for hydroxylation is 1. The minimum Gasteiger partial charge on any atom is -0.495 e. The van der Waals surface area contributed by atoms with E-state index in [0.29, 0.717) is 18.1 Å². The summed E-state index contributed by atoms with van der Waals surface area (Å²) in [5.41, 5.74) is 1.87. The van der Waals surface area contributed by atoms with Gasteiger partial charge in [-0.1, -0.05) is 15.9 Å². The maximum atomic E-state index is 10.7. The summed E-state index contributed by atoms with van der Waals surface area (Å²) >= 11 is 3.41. The number of carboxylic acids is 1. The predicted octanol–water partition coefficient (Wildman–Crippen LogP) is 3.67. The molecule has 0 radical (unpaired) electrons. The first-order valence-electron chi connectivity index (χ1n) is 5.91. The van der Waals surface area contributed by atoms with Crippen molar-refractivity contribution in [2.75, 3.05) is 12.4 Å². The van der Waals surface area contributed by atoms with Crippen LogP contribution in [0.25, 0.3) is 0 Å². The fourth-order valence-electron chi connectivity index (χ4n) is 1.86. The fourth-order valence-corrected chi connectivity index (χ4v) is 2.41. The van der Waals surface area contributed by atoms with Gasteiger partial charge in [-0.05, 0) is 36.8 Å². The normalized spacial score (nSPS) is 10.3. The van der Waals surface area contributed by atoms with Crippen molar-refractivity contribution in [3.05, 3.63) is 45.8 Å². The van der Waals surface area contributed by atoms with Crippen LogP contribution in [-0.2, 0) is 6.54 Å². The number of benzene rings is 1. The predicted molar refractivity (Wildman–Crippen MR) is 78.4 cm³/mol. The zero-order chi connectivity index (χ0) is 14.7. The lowest BCUT2D eigenvalue weighted by Gasteiger charge is -2.13. The minimum absolute atomic E-state index is 0.0682. The van der Waals surface area contributed by atoms with Crippen molar-refractivity contribution >= 4 is 27.6 Å². The van der Waals surface area contributed by atoms with Gasteiger partial charge in [0.05, 0.1) is 19.3 Å². The second-order valence-corrected chi connectivity index (χ2v) is 5.14. The Kier molecular flexibility index (Phi) is 4.34. The lowest BCUT2D eigenvalue weighted by Crippen LogP contribution is -2.03. The quantitative estimate of drug-likeness (QED) is 0.869. The monoisotopic (exact) mass is 339 g/mol. The number of hydrogen-bond acceptors (Lipinski definition) is 4. The Morgan fingerprint density at radius 2 is 2.20 bits per heavy atom. The van der Waals surface area contributed by atoms with E-state index >= 15 is 0 Å². The van der Waals surface area contributed by atoms with Crippen LogP contribution in [0.3, 0.4) is 0 Å². The third kappa shape index (κ3) is 3.14. The highest BCUT2D eigenvalue weighted by Crippen LogP contribution is 2.32. The van der Waals surface area contributed by atoms with Crippen LogP contribution in [0.5, 0.6) is 5.75 Å². The number of ether oxygens (including phenoxy) is 1. The van der Waals surface area contributed by atoms with Gasteiger partial charge in [-0.25, -0.2) is 4.79 Å². The number of furan rings is 1. The first-order chi connectivity index (χ1) is 9.51. The molecule has 1 aromatic heterocycles. The van der Waals surface area contributed by atoms with Gasteiger partial charge in [0.15, 0.2) is 0 Å². The molecule has 0 atom stereocenters. The Morgan fingerprint density at radius 1 is 1.45 bits per heavy atom. The van der Waals surface area contributed by atoms with Crippen LogP contribution in [0, 0.1) is 6.92 Å². The van der Waals surface area contributed by atoms with Crippen molar-refractivity contribution in [1.82, 2.24) is 0 Å². The van der Waals surface area contributed by atoms with Crippen LogP contribution in [0.15, 0.2) is 33.2 Å². The maximum absolute atomic E-state index is 10.7. The molecule has 0 saturated carbocycles. The zero-order valence-corrected chi connectivity index (χ0v) is 12.7. The first kappa shape index (κ1) is 14.5. The highest BCUT2D eigenvalue weighted by molar-refractivity contribution is 9.10. The molecular formula is C14H14BrNO4. The van der Waals surface area contributed by atoms with Crippen molar-refractivity contribution in [2.45, 2.75) is 13.5 Å². The largest absolute Gasteiger partial charge is 0.495 e. The molecule has 2 rings (SSSR count). The van der Waals surface area contributed by atoms with Gasteiger partial charge < -0.3 is 19.6 Å². The molecule has 1 aromatic carbocycles. The number of hydrogen-bond donors (Lipinski definition) is 2. The molecule has 0 amide bonds. The van der Waals surface area contributed by atoms with E-state index in [1.165, 1.54) is 6.07 Å². The molecule has 20 heavy (non-hydrogen) atoms. The standard InChI is InChI=1S/C14H14BrNO4/c1-8-5-9(15)6-12(19-2)13(8)16-7-10-3-4-11(20-10)14(17)18/h3-6,16H,7H2,1-2H3,(H,17,18). The van der Waals surface area contributed by atoms with Gasteiger partial charge in [0.25, 0.3) is 0 Å². The Hall–Kier alpha value is -1.95. The van der Waals surface area contributed by atoms with Crippen molar-refractivity contribution in [1.29, 1.82) is 0 Å². The Balaban J connectivity index is 2.16. The van der Waals surface area contributed by atoms with E-state index < -0.39 is 5.97 Å². The number of carboxylic acid groups (broad SMARTS) is 1. The molecule has 0 fully saturated rings. The van der Waals surface area contributed by atoms with Crippen LogP contribution in [-0.4, -0.2) is 18.2 Å². The SMILES string of the molecule is COc1cc(Br)cc(C)c1NCc1ccc(C(=O)O)o1. The molecule has 0 saturated heterocycles. The van der Waals surface area contributed by atoms with E-state index in [4.69, 9.17) is 14.3 Å². The highest BCUT2D eigenvalue weighted by Gasteiger charge is 2.11. The molecule has 5 nitrogen and oxygen atoms in total.